The zero-order valence-electron chi connectivity index (χ0n) is 17.1. The van der Waals surface area contributed by atoms with Crippen LogP contribution in [0.1, 0.15) is 43.4 Å². The van der Waals surface area contributed by atoms with Crippen molar-refractivity contribution in [2.75, 3.05) is 25.0 Å². The van der Waals surface area contributed by atoms with Crippen molar-refractivity contribution in [3.8, 4) is 0 Å². The van der Waals surface area contributed by atoms with Gasteiger partial charge in [0.2, 0.25) is 0 Å². The number of aromatic nitrogens is 4. The highest BCUT2D eigenvalue weighted by Crippen LogP contribution is 2.18. The minimum atomic E-state index is -0.111. The van der Waals surface area contributed by atoms with E-state index in [0.717, 1.165) is 62.9 Å². The largest absolute Gasteiger partial charge is 0.364 e. The lowest BCUT2D eigenvalue weighted by molar-refractivity contribution is 0.147. The maximum Gasteiger partial charge on any atom is 0.293 e. The second kappa shape index (κ2) is 8.90. The zero-order chi connectivity index (χ0) is 20.2. The number of nitrogens with zero attached hydrogens (tertiary/aromatic N) is 5. The lowest BCUT2D eigenvalue weighted by Gasteiger charge is -2.35. The molecule has 1 N–H and O–H groups in total. The summed E-state index contributed by atoms with van der Waals surface area (Å²) in [6.07, 6.45) is 11.0. The number of aryl methyl sites for hydroxylation is 3. The molecule has 4 rings (SSSR count). The normalized spacial score (nSPS) is 19.7. The van der Waals surface area contributed by atoms with Crippen LogP contribution in [0.15, 0.2) is 28.0 Å². The van der Waals surface area contributed by atoms with E-state index >= 15 is 0 Å². The molecule has 0 amide bonds. The first-order valence-electron chi connectivity index (χ1n) is 10.7. The average Bonchev–Trinajstić information content (AvgIpc) is 2.74. The molecule has 2 aliphatic rings. The Bertz CT molecular complexity index is 966. The summed E-state index contributed by atoms with van der Waals surface area (Å²) < 4.78 is 3.17. The molecule has 2 aromatic heterocycles. The van der Waals surface area contributed by atoms with Crippen molar-refractivity contribution in [1.29, 1.82) is 0 Å². The van der Waals surface area contributed by atoms with Crippen LogP contribution in [0.5, 0.6) is 0 Å². The molecule has 156 valence electrons. The van der Waals surface area contributed by atoms with Gasteiger partial charge in [0, 0.05) is 44.6 Å². The maximum absolute atomic E-state index is 12.4. The molecule has 1 atom stereocenters. The molecule has 2 aromatic rings. The Kier molecular flexibility index (Phi) is 6.08. The fourth-order valence-corrected chi connectivity index (χ4v) is 4.40. The Morgan fingerprint density at radius 3 is 2.90 bits per heavy atom. The lowest BCUT2D eigenvalue weighted by Crippen LogP contribution is -2.46. The van der Waals surface area contributed by atoms with Crippen molar-refractivity contribution in [3.63, 3.8) is 0 Å². The summed E-state index contributed by atoms with van der Waals surface area (Å²) in [6.45, 7) is 3.08. The van der Waals surface area contributed by atoms with Gasteiger partial charge >= 0.3 is 0 Å². The minimum Gasteiger partial charge on any atom is -0.364 e. The first kappa shape index (κ1) is 19.8. The molecular formula is C21H30N6O2. The van der Waals surface area contributed by atoms with Crippen molar-refractivity contribution in [3.05, 3.63) is 50.4 Å². The Balaban J connectivity index is 1.40. The third kappa shape index (κ3) is 4.58. The van der Waals surface area contributed by atoms with E-state index in [0.29, 0.717) is 24.9 Å². The Labute approximate surface area is 170 Å². The average molecular weight is 399 g/mol. The van der Waals surface area contributed by atoms with Crippen molar-refractivity contribution in [2.45, 2.75) is 57.5 Å². The predicted molar refractivity (Wildman–Crippen MR) is 112 cm³/mol. The topological polar surface area (TPSA) is 85.1 Å². The standard InChI is InChI=1S/C21H30N6O2/c1-25-11-9-22-20(21(25)29)23-15-17-7-4-5-10-26(17)12-13-27-19(28)14-16-6-2-3-8-18(16)24-27/h9,11,14,17H,2-8,10,12-13,15H2,1H3,(H,22,23). The number of hydrogen-bond donors (Lipinski definition) is 1. The summed E-state index contributed by atoms with van der Waals surface area (Å²) in [5.41, 5.74) is 2.13. The van der Waals surface area contributed by atoms with E-state index in [1.54, 1.807) is 30.2 Å². The Morgan fingerprint density at radius 1 is 1.14 bits per heavy atom. The molecule has 1 aliphatic carbocycles. The molecule has 8 heteroatoms. The van der Waals surface area contributed by atoms with E-state index in [9.17, 15) is 9.59 Å². The van der Waals surface area contributed by atoms with Crippen molar-refractivity contribution < 1.29 is 0 Å². The highest BCUT2D eigenvalue weighted by Gasteiger charge is 2.23. The van der Waals surface area contributed by atoms with Gasteiger partial charge in [-0.25, -0.2) is 9.67 Å². The van der Waals surface area contributed by atoms with Gasteiger partial charge in [-0.1, -0.05) is 6.42 Å². The van der Waals surface area contributed by atoms with E-state index in [1.807, 2.05) is 0 Å². The van der Waals surface area contributed by atoms with E-state index in [4.69, 9.17) is 0 Å². The number of anilines is 1. The van der Waals surface area contributed by atoms with Crippen molar-refractivity contribution in [1.82, 2.24) is 24.2 Å². The van der Waals surface area contributed by atoms with Crippen LogP contribution in [0.4, 0.5) is 5.82 Å². The quantitative estimate of drug-likeness (QED) is 0.787. The number of hydrogen-bond acceptors (Lipinski definition) is 6. The van der Waals surface area contributed by atoms with Crippen LogP contribution in [-0.2, 0) is 26.4 Å². The van der Waals surface area contributed by atoms with Gasteiger partial charge in [-0.2, -0.15) is 5.10 Å². The van der Waals surface area contributed by atoms with E-state index in [1.165, 1.54) is 11.0 Å². The maximum atomic E-state index is 12.4. The molecule has 0 aromatic carbocycles. The number of rotatable bonds is 6. The van der Waals surface area contributed by atoms with E-state index in [2.05, 4.69) is 20.3 Å². The van der Waals surface area contributed by atoms with Crippen molar-refractivity contribution in [2.24, 2.45) is 7.05 Å². The van der Waals surface area contributed by atoms with Gasteiger partial charge in [0.1, 0.15) is 0 Å². The molecule has 1 aliphatic heterocycles. The first-order chi connectivity index (χ1) is 14.1. The molecule has 1 unspecified atom stereocenters. The molecule has 0 saturated carbocycles. The smallest absolute Gasteiger partial charge is 0.293 e. The van der Waals surface area contributed by atoms with Gasteiger partial charge in [-0.15, -0.1) is 0 Å². The van der Waals surface area contributed by atoms with E-state index in [-0.39, 0.29) is 11.1 Å². The molecule has 1 saturated heterocycles. The van der Waals surface area contributed by atoms with Crippen LogP contribution >= 0.6 is 0 Å². The molecular weight excluding hydrogens is 368 g/mol. The fourth-order valence-electron chi connectivity index (χ4n) is 4.40. The summed E-state index contributed by atoms with van der Waals surface area (Å²) in [5, 5.41) is 7.88. The van der Waals surface area contributed by atoms with Crippen LogP contribution in [0, 0.1) is 0 Å². The van der Waals surface area contributed by atoms with Gasteiger partial charge in [0.05, 0.1) is 12.2 Å². The monoisotopic (exact) mass is 398 g/mol. The first-order valence-corrected chi connectivity index (χ1v) is 10.7. The minimum absolute atomic E-state index is 0.00863. The number of piperidine rings is 1. The van der Waals surface area contributed by atoms with Crippen molar-refractivity contribution >= 4 is 5.82 Å². The van der Waals surface area contributed by atoms with Crippen LogP contribution in [0.2, 0.25) is 0 Å². The Hall–Kier alpha value is -2.48. The third-order valence-corrected chi connectivity index (χ3v) is 6.14. The second-order valence-electron chi connectivity index (χ2n) is 8.14. The summed E-state index contributed by atoms with van der Waals surface area (Å²) in [4.78, 5) is 31.2. The van der Waals surface area contributed by atoms with Gasteiger partial charge < -0.3 is 9.88 Å². The molecule has 29 heavy (non-hydrogen) atoms. The SMILES string of the molecule is Cn1ccnc(NCC2CCCCN2CCn2nc3c(cc2=O)CCCC3)c1=O. The highest BCUT2D eigenvalue weighted by atomic mass is 16.1. The van der Waals surface area contributed by atoms with Crippen LogP contribution in [0.25, 0.3) is 0 Å². The van der Waals surface area contributed by atoms with Crippen LogP contribution in [0.3, 0.4) is 0 Å². The summed E-state index contributed by atoms with van der Waals surface area (Å²) in [5.74, 6) is 0.396. The summed E-state index contributed by atoms with van der Waals surface area (Å²) in [6, 6.07) is 2.11. The molecule has 3 heterocycles. The molecule has 8 nitrogen and oxygen atoms in total. The summed E-state index contributed by atoms with van der Waals surface area (Å²) in [7, 11) is 1.73. The van der Waals surface area contributed by atoms with Gasteiger partial charge in [0.25, 0.3) is 11.1 Å². The predicted octanol–water partition coefficient (Wildman–Crippen LogP) is 1.18. The van der Waals surface area contributed by atoms with E-state index < -0.39 is 0 Å². The fraction of sp³-hybridized carbons (Fsp3) is 0.619. The Morgan fingerprint density at radius 2 is 2.00 bits per heavy atom. The van der Waals surface area contributed by atoms with Crippen LogP contribution in [-0.4, -0.2) is 49.9 Å². The number of fused-ring (bicyclic) bond motifs is 1. The second-order valence-corrected chi connectivity index (χ2v) is 8.14. The number of nitrogens with one attached hydrogen (secondary N) is 1. The molecule has 0 radical (unpaired) electrons. The third-order valence-electron chi connectivity index (χ3n) is 6.14. The van der Waals surface area contributed by atoms with Gasteiger partial charge in [-0.3, -0.25) is 14.5 Å². The molecule has 0 bridgehead atoms. The zero-order valence-corrected chi connectivity index (χ0v) is 17.1. The molecule has 0 spiro atoms. The summed E-state index contributed by atoms with van der Waals surface area (Å²) >= 11 is 0. The lowest BCUT2D eigenvalue weighted by atomic mass is 9.97. The van der Waals surface area contributed by atoms with Gasteiger partial charge in [0.15, 0.2) is 5.82 Å². The van der Waals surface area contributed by atoms with Gasteiger partial charge in [-0.05, 0) is 50.6 Å². The molecule has 1 fully saturated rings. The van der Waals surface area contributed by atoms with Crippen LogP contribution < -0.4 is 16.4 Å². The highest BCUT2D eigenvalue weighted by molar-refractivity contribution is 5.30. The number of likely N-dealkylation sites (tertiary alicyclic amines) is 1.